The standard InChI is InChI=1S/C15H31N3/c1-17-11-6-9-15(13-17)18(2)12-5-8-14-7-3-4-10-16-14/h14-16H,3-13H2,1-2H3. The summed E-state index contributed by atoms with van der Waals surface area (Å²) in [7, 11) is 4.57. The lowest BCUT2D eigenvalue weighted by atomic mass is 10.00. The van der Waals surface area contributed by atoms with E-state index in [2.05, 4.69) is 29.2 Å². The maximum absolute atomic E-state index is 3.65. The lowest BCUT2D eigenvalue weighted by molar-refractivity contribution is 0.131. The molecule has 2 heterocycles. The van der Waals surface area contributed by atoms with Gasteiger partial charge in [0.2, 0.25) is 0 Å². The van der Waals surface area contributed by atoms with Gasteiger partial charge in [0, 0.05) is 18.6 Å². The minimum absolute atomic E-state index is 0.795. The van der Waals surface area contributed by atoms with E-state index in [1.54, 1.807) is 0 Å². The van der Waals surface area contributed by atoms with Gasteiger partial charge in [0.25, 0.3) is 0 Å². The highest BCUT2D eigenvalue weighted by molar-refractivity contribution is 4.78. The zero-order chi connectivity index (χ0) is 12.8. The zero-order valence-corrected chi connectivity index (χ0v) is 12.3. The maximum atomic E-state index is 3.65. The van der Waals surface area contributed by atoms with Crippen LogP contribution in [-0.2, 0) is 0 Å². The molecule has 0 spiro atoms. The molecule has 0 bridgehead atoms. The molecule has 0 aromatic heterocycles. The molecule has 2 rings (SSSR count). The van der Waals surface area contributed by atoms with Gasteiger partial charge in [-0.1, -0.05) is 6.42 Å². The highest BCUT2D eigenvalue weighted by Gasteiger charge is 2.21. The van der Waals surface area contributed by atoms with E-state index in [9.17, 15) is 0 Å². The molecule has 0 aliphatic carbocycles. The molecule has 106 valence electrons. The van der Waals surface area contributed by atoms with Crippen LogP contribution in [0.2, 0.25) is 0 Å². The molecule has 0 amide bonds. The maximum Gasteiger partial charge on any atom is 0.0220 e. The molecule has 3 nitrogen and oxygen atoms in total. The summed E-state index contributed by atoms with van der Waals surface area (Å²) in [6.45, 7) is 5.07. The van der Waals surface area contributed by atoms with Crippen molar-refractivity contribution in [2.75, 3.05) is 40.3 Å². The van der Waals surface area contributed by atoms with Crippen LogP contribution in [-0.4, -0.2) is 62.2 Å². The van der Waals surface area contributed by atoms with E-state index in [1.165, 1.54) is 71.1 Å². The van der Waals surface area contributed by atoms with Crippen LogP contribution in [0.3, 0.4) is 0 Å². The van der Waals surface area contributed by atoms with Crippen LogP contribution in [0.4, 0.5) is 0 Å². The third-order valence-electron chi connectivity index (χ3n) is 4.70. The summed E-state index contributed by atoms with van der Waals surface area (Å²) in [6, 6.07) is 1.60. The molecule has 2 saturated heterocycles. The van der Waals surface area contributed by atoms with Crippen LogP contribution >= 0.6 is 0 Å². The van der Waals surface area contributed by atoms with Crippen molar-refractivity contribution in [2.24, 2.45) is 0 Å². The molecule has 18 heavy (non-hydrogen) atoms. The lowest BCUT2D eigenvalue weighted by Crippen LogP contribution is -2.45. The van der Waals surface area contributed by atoms with Crippen LogP contribution in [0.1, 0.15) is 44.9 Å². The number of rotatable bonds is 5. The summed E-state index contributed by atoms with van der Waals surface area (Å²) in [5, 5.41) is 3.65. The Morgan fingerprint density at radius 3 is 2.83 bits per heavy atom. The fourth-order valence-electron chi connectivity index (χ4n) is 3.44. The smallest absolute Gasteiger partial charge is 0.0220 e. The minimum atomic E-state index is 0.795. The van der Waals surface area contributed by atoms with Crippen molar-refractivity contribution >= 4 is 0 Å². The van der Waals surface area contributed by atoms with Crippen LogP contribution in [0, 0.1) is 0 Å². The Kier molecular flexibility index (Phi) is 5.93. The second-order valence-corrected chi connectivity index (χ2v) is 6.33. The van der Waals surface area contributed by atoms with Crippen LogP contribution < -0.4 is 5.32 Å². The van der Waals surface area contributed by atoms with Crippen molar-refractivity contribution in [1.82, 2.24) is 15.1 Å². The molecule has 0 aromatic rings. The summed E-state index contributed by atoms with van der Waals surface area (Å²) in [6.07, 6.45) is 9.70. The molecule has 2 aliphatic rings. The molecule has 2 atom stereocenters. The van der Waals surface area contributed by atoms with E-state index in [0.717, 1.165) is 12.1 Å². The fourth-order valence-corrected chi connectivity index (χ4v) is 3.44. The Morgan fingerprint density at radius 2 is 2.11 bits per heavy atom. The number of likely N-dealkylation sites (tertiary alicyclic amines) is 1. The predicted octanol–water partition coefficient (Wildman–Crippen LogP) is 1.93. The first-order valence-electron chi connectivity index (χ1n) is 7.88. The van der Waals surface area contributed by atoms with Crippen molar-refractivity contribution in [3.05, 3.63) is 0 Å². The minimum Gasteiger partial charge on any atom is -0.314 e. The van der Waals surface area contributed by atoms with E-state index >= 15 is 0 Å². The van der Waals surface area contributed by atoms with Gasteiger partial charge in [-0.3, -0.25) is 0 Å². The normalized spacial score (nSPS) is 30.8. The number of hydrogen-bond acceptors (Lipinski definition) is 3. The summed E-state index contributed by atoms with van der Waals surface area (Å²) < 4.78 is 0. The molecule has 2 aliphatic heterocycles. The van der Waals surface area contributed by atoms with E-state index in [1.807, 2.05) is 0 Å². The van der Waals surface area contributed by atoms with E-state index < -0.39 is 0 Å². The van der Waals surface area contributed by atoms with Gasteiger partial charge in [-0.25, -0.2) is 0 Å². The number of likely N-dealkylation sites (N-methyl/N-ethyl adjacent to an activating group) is 2. The number of hydrogen-bond donors (Lipinski definition) is 1. The predicted molar refractivity (Wildman–Crippen MR) is 78.0 cm³/mol. The summed E-state index contributed by atoms with van der Waals surface area (Å²) in [4.78, 5) is 5.08. The van der Waals surface area contributed by atoms with Crippen LogP contribution in [0.25, 0.3) is 0 Å². The lowest BCUT2D eigenvalue weighted by Gasteiger charge is -2.36. The fraction of sp³-hybridized carbons (Fsp3) is 1.00. The number of piperidine rings is 2. The Morgan fingerprint density at radius 1 is 1.22 bits per heavy atom. The molecule has 2 fully saturated rings. The SMILES string of the molecule is CN1CCCC(N(C)CCCC2CCCCN2)C1. The molecular weight excluding hydrogens is 222 g/mol. The quantitative estimate of drug-likeness (QED) is 0.808. The molecule has 0 saturated carbocycles. The molecule has 0 radical (unpaired) electrons. The van der Waals surface area contributed by atoms with E-state index in [0.29, 0.717) is 0 Å². The first-order chi connectivity index (χ1) is 8.75. The third-order valence-corrected chi connectivity index (χ3v) is 4.70. The van der Waals surface area contributed by atoms with Crippen LogP contribution in [0.5, 0.6) is 0 Å². The van der Waals surface area contributed by atoms with Gasteiger partial charge < -0.3 is 15.1 Å². The van der Waals surface area contributed by atoms with Crippen molar-refractivity contribution < 1.29 is 0 Å². The largest absolute Gasteiger partial charge is 0.314 e. The Balaban J connectivity index is 1.60. The molecule has 1 N–H and O–H groups in total. The first-order valence-corrected chi connectivity index (χ1v) is 7.88. The molecular formula is C15H31N3. The molecule has 3 heteroatoms. The summed E-state index contributed by atoms with van der Waals surface area (Å²) >= 11 is 0. The van der Waals surface area contributed by atoms with Crippen molar-refractivity contribution in [3.8, 4) is 0 Å². The van der Waals surface area contributed by atoms with Crippen molar-refractivity contribution in [2.45, 2.75) is 57.0 Å². The first kappa shape index (κ1) is 14.3. The third kappa shape index (κ3) is 4.52. The Bertz CT molecular complexity index is 226. The average molecular weight is 253 g/mol. The Hall–Kier alpha value is -0.120. The summed E-state index contributed by atoms with van der Waals surface area (Å²) in [5.74, 6) is 0. The zero-order valence-electron chi connectivity index (χ0n) is 12.3. The molecule has 0 aromatic carbocycles. The van der Waals surface area contributed by atoms with Gasteiger partial charge in [-0.15, -0.1) is 0 Å². The van der Waals surface area contributed by atoms with E-state index in [4.69, 9.17) is 0 Å². The topological polar surface area (TPSA) is 18.5 Å². The van der Waals surface area contributed by atoms with Gasteiger partial charge in [-0.2, -0.15) is 0 Å². The van der Waals surface area contributed by atoms with Gasteiger partial charge in [0.15, 0.2) is 0 Å². The highest BCUT2D eigenvalue weighted by atomic mass is 15.2. The second-order valence-electron chi connectivity index (χ2n) is 6.33. The average Bonchev–Trinajstić information content (AvgIpc) is 2.40. The van der Waals surface area contributed by atoms with E-state index in [-0.39, 0.29) is 0 Å². The number of nitrogens with one attached hydrogen (secondary N) is 1. The highest BCUT2D eigenvalue weighted by Crippen LogP contribution is 2.15. The monoisotopic (exact) mass is 253 g/mol. The second kappa shape index (κ2) is 7.46. The van der Waals surface area contributed by atoms with Gasteiger partial charge in [0.1, 0.15) is 0 Å². The number of nitrogens with zero attached hydrogens (tertiary/aromatic N) is 2. The summed E-state index contributed by atoms with van der Waals surface area (Å²) in [5.41, 5.74) is 0. The van der Waals surface area contributed by atoms with Gasteiger partial charge >= 0.3 is 0 Å². The van der Waals surface area contributed by atoms with Crippen molar-refractivity contribution in [1.29, 1.82) is 0 Å². The molecule has 2 unspecified atom stereocenters. The van der Waals surface area contributed by atoms with Gasteiger partial charge in [0.05, 0.1) is 0 Å². The Labute approximate surface area is 113 Å². The van der Waals surface area contributed by atoms with Crippen LogP contribution in [0.15, 0.2) is 0 Å². The van der Waals surface area contributed by atoms with Crippen molar-refractivity contribution in [3.63, 3.8) is 0 Å². The van der Waals surface area contributed by atoms with Gasteiger partial charge in [-0.05, 0) is 72.3 Å².